The van der Waals surface area contributed by atoms with Gasteiger partial charge in [-0.2, -0.15) is 0 Å². The molecule has 0 atom stereocenters. The van der Waals surface area contributed by atoms with Crippen LogP contribution in [0.5, 0.6) is 5.75 Å². The van der Waals surface area contributed by atoms with Crippen molar-refractivity contribution < 1.29 is 9.53 Å². The van der Waals surface area contributed by atoms with E-state index in [1.807, 2.05) is 32.0 Å². The first-order valence-electron chi connectivity index (χ1n) is 8.51. The number of para-hydroxylation sites is 1. The number of aryl methyl sites for hydroxylation is 2. The predicted octanol–water partition coefficient (Wildman–Crippen LogP) is 5.69. The Morgan fingerprint density at radius 2 is 1.83 bits per heavy atom. The number of rotatable bonds is 7. The molecule has 3 aromatic rings. The molecule has 2 N–H and O–H groups in total. The molecule has 10 heteroatoms. The molecule has 0 spiro atoms. The van der Waals surface area contributed by atoms with Gasteiger partial charge in [0.15, 0.2) is 5.82 Å². The summed E-state index contributed by atoms with van der Waals surface area (Å²) in [5.74, 6) is 1.23. The molecular weight excluding hydrogens is 455 g/mol. The Kier molecular flexibility index (Phi) is 7.29. The normalized spacial score (nSPS) is 10.8. The smallest absolute Gasteiger partial charge is 0.234 e. The van der Waals surface area contributed by atoms with Crippen molar-refractivity contribution in [3.05, 3.63) is 62.4 Å². The van der Waals surface area contributed by atoms with Gasteiger partial charge in [-0.1, -0.05) is 64.8 Å². The average molecular weight is 472 g/mol. The third-order valence-corrected chi connectivity index (χ3v) is 5.77. The number of benzene rings is 2. The molecule has 1 heterocycles. The maximum atomic E-state index is 12.2. The Labute approximate surface area is 187 Å². The van der Waals surface area contributed by atoms with E-state index >= 15 is 0 Å². The zero-order chi connectivity index (χ0) is 21.0. The number of carbonyl (C=O) groups is 1. The Morgan fingerprint density at radius 3 is 2.55 bits per heavy atom. The monoisotopic (exact) mass is 470 g/mol. The summed E-state index contributed by atoms with van der Waals surface area (Å²) in [5, 5.41) is 11.0. The summed E-state index contributed by atoms with van der Waals surface area (Å²) in [6.45, 7) is 4.23. The van der Waals surface area contributed by atoms with Crippen molar-refractivity contribution in [2.45, 2.75) is 25.6 Å². The van der Waals surface area contributed by atoms with Gasteiger partial charge in [-0.25, -0.2) is 4.98 Å². The molecule has 0 unspecified atom stereocenters. The number of nitrogens with one attached hydrogen (secondary N) is 2. The maximum absolute atomic E-state index is 12.2. The summed E-state index contributed by atoms with van der Waals surface area (Å²) in [4.78, 5) is 16.5. The summed E-state index contributed by atoms with van der Waals surface area (Å²) in [7, 11) is 0. The van der Waals surface area contributed by atoms with Crippen molar-refractivity contribution in [1.29, 1.82) is 0 Å². The number of aromatic amines is 1. The van der Waals surface area contributed by atoms with Gasteiger partial charge in [0.05, 0.1) is 26.5 Å². The number of H-pyrrole nitrogens is 1. The van der Waals surface area contributed by atoms with E-state index in [1.165, 1.54) is 23.9 Å². The van der Waals surface area contributed by atoms with Crippen LogP contribution in [0.25, 0.3) is 0 Å². The van der Waals surface area contributed by atoms with Crippen molar-refractivity contribution >= 4 is 58.2 Å². The largest absolute Gasteiger partial charge is 0.485 e. The van der Waals surface area contributed by atoms with Gasteiger partial charge in [-0.15, -0.1) is 5.10 Å². The van der Waals surface area contributed by atoms with Crippen LogP contribution in [-0.4, -0.2) is 26.8 Å². The van der Waals surface area contributed by atoms with Crippen molar-refractivity contribution in [3.8, 4) is 5.75 Å². The van der Waals surface area contributed by atoms with E-state index in [1.54, 1.807) is 0 Å². The molecule has 1 aromatic heterocycles. The topological polar surface area (TPSA) is 79.9 Å². The van der Waals surface area contributed by atoms with Crippen LogP contribution in [0.15, 0.2) is 35.5 Å². The predicted molar refractivity (Wildman–Crippen MR) is 117 cm³/mol. The molecule has 0 bridgehead atoms. The number of halogens is 3. The van der Waals surface area contributed by atoms with Crippen LogP contribution in [-0.2, 0) is 11.4 Å². The second-order valence-corrected chi connectivity index (χ2v) is 8.32. The number of carbonyl (C=O) groups excluding carboxylic acids is 1. The van der Waals surface area contributed by atoms with Crippen molar-refractivity contribution in [2.24, 2.45) is 0 Å². The molecule has 2 aromatic carbocycles. The van der Waals surface area contributed by atoms with E-state index < -0.39 is 0 Å². The fourth-order valence-electron chi connectivity index (χ4n) is 2.51. The van der Waals surface area contributed by atoms with E-state index in [2.05, 4.69) is 20.5 Å². The van der Waals surface area contributed by atoms with Crippen LogP contribution < -0.4 is 10.1 Å². The van der Waals surface area contributed by atoms with Gasteiger partial charge in [-0.3, -0.25) is 9.89 Å². The third-order valence-electron chi connectivity index (χ3n) is 3.89. The van der Waals surface area contributed by atoms with Crippen LogP contribution in [0.4, 0.5) is 5.69 Å². The number of anilines is 1. The highest BCUT2D eigenvalue weighted by Gasteiger charge is 2.12. The quantitative estimate of drug-likeness (QED) is 0.342. The molecule has 0 aliphatic rings. The highest BCUT2D eigenvalue weighted by Crippen LogP contribution is 2.32. The number of hydrogen-bond acceptors (Lipinski definition) is 5. The summed E-state index contributed by atoms with van der Waals surface area (Å²) >= 11 is 19.1. The lowest BCUT2D eigenvalue weighted by atomic mass is 10.1. The highest BCUT2D eigenvalue weighted by atomic mass is 35.5. The van der Waals surface area contributed by atoms with Gasteiger partial charge in [0, 0.05) is 0 Å². The molecule has 0 aliphatic carbocycles. The van der Waals surface area contributed by atoms with Crippen LogP contribution in [0.3, 0.4) is 0 Å². The average Bonchev–Trinajstić information content (AvgIpc) is 3.12. The number of amides is 1. The van der Waals surface area contributed by atoms with Crippen LogP contribution >= 0.6 is 46.6 Å². The molecule has 29 heavy (non-hydrogen) atoms. The van der Waals surface area contributed by atoms with Crippen molar-refractivity contribution in [3.63, 3.8) is 0 Å². The van der Waals surface area contributed by atoms with Crippen molar-refractivity contribution in [1.82, 2.24) is 15.2 Å². The van der Waals surface area contributed by atoms with E-state index in [0.717, 1.165) is 16.9 Å². The van der Waals surface area contributed by atoms with E-state index in [9.17, 15) is 4.79 Å². The first-order valence-corrected chi connectivity index (χ1v) is 10.6. The maximum Gasteiger partial charge on any atom is 0.234 e. The zero-order valence-electron chi connectivity index (χ0n) is 15.6. The second-order valence-electron chi connectivity index (χ2n) is 6.16. The number of nitrogens with zero attached hydrogens (tertiary/aromatic N) is 2. The minimum atomic E-state index is -0.270. The van der Waals surface area contributed by atoms with Gasteiger partial charge in [-0.05, 0) is 37.1 Å². The highest BCUT2D eigenvalue weighted by molar-refractivity contribution is 7.99. The number of aromatic nitrogens is 3. The third kappa shape index (κ3) is 5.79. The van der Waals surface area contributed by atoms with Gasteiger partial charge >= 0.3 is 0 Å². The first kappa shape index (κ1) is 21.8. The van der Waals surface area contributed by atoms with Crippen LogP contribution in [0.1, 0.15) is 17.0 Å². The van der Waals surface area contributed by atoms with E-state index in [0.29, 0.717) is 31.7 Å². The van der Waals surface area contributed by atoms with Gasteiger partial charge in [0.25, 0.3) is 0 Å². The lowest BCUT2D eigenvalue weighted by molar-refractivity contribution is -0.113. The molecule has 0 saturated heterocycles. The number of hydrogen-bond donors (Lipinski definition) is 2. The fourth-order valence-corrected chi connectivity index (χ4v) is 3.72. The molecule has 0 radical (unpaired) electrons. The minimum absolute atomic E-state index is 0.103. The van der Waals surface area contributed by atoms with E-state index in [-0.39, 0.29) is 18.3 Å². The van der Waals surface area contributed by atoms with Crippen molar-refractivity contribution in [2.75, 3.05) is 11.1 Å². The van der Waals surface area contributed by atoms with Gasteiger partial charge in [0.2, 0.25) is 11.1 Å². The lowest BCUT2D eigenvalue weighted by Crippen LogP contribution is -2.14. The molecule has 6 nitrogen and oxygen atoms in total. The Balaban J connectivity index is 1.53. The van der Waals surface area contributed by atoms with Gasteiger partial charge in [0.1, 0.15) is 12.4 Å². The molecule has 0 saturated carbocycles. The van der Waals surface area contributed by atoms with Crippen LogP contribution in [0.2, 0.25) is 15.1 Å². The molecule has 3 rings (SSSR count). The van der Waals surface area contributed by atoms with E-state index in [4.69, 9.17) is 39.5 Å². The molecule has 0 aliphatic heterocycles. The molecule has 152 valence electrons. The molecule has 1 amide bonds. The SMILES string of the molecule is Cc1cccc(C)c1OCc1nc(SCC(=O)Nc2cc(Cl)c(Cl)cc2Cl)n[nH]1. The summed E-state index contributed by atoms with van der Waals surface area (Å²) in [5.41, 5.74) is 2.50. The number of thioether (sulfide) groups is 1. The molecule has 0 fully saturated rings. The lowest BCUT2D eigenvalue weighted by Gasteiger charge is -2.10. The molecular formula is C19H17Cl3N4O2S. The Hall–Kier alpha value is -1.93. The van der Waals surface area contributed by atoms with Gasteiger partial charge < -0.3 is 10.1 Å². The summed E-state index contributed by atoms with van der Waals surface area (Å²) < 4.78 is 5.85. The Morgan fingerprint density at radius 1 is 1.14 bits per heavy atom. The summed E-state index contributed by atoms with van der Waals surface area (Å²) in [6.07, 6.45) is 0. The van der Waals surface area contributed by atoms with Crippen LogP contribution in [0, 0.1) is 13.8 Å². The Bertz CT molecular complexity index is 1020. The fraction of sp³-hybridized carbons (Fsp3) is 0.211. The number of ether oxygens (including phenoxy) is 1. The standard InChI is InChI=1S/C19H17Cl3N4O2S/c1-10-4-3-5-11(2)18(10)28-8-16-24-19(26-25-16)29-9-17(27)23-15-7-13(21)12(20)6-14(15)22/h3-7H,8-9H2,1-2H3,(H,23,27)(H,24,25,26). The minimum Gasteiger partial charge on any atom is -0.485 e. The summed E-state index contributed by atoms with van der Waals surface area (Å²) in [6, 6.07) is 8.94. The zero-order valence-corrected chi connectivity index (χ0v) is 18.6. The first-order chi connectivity index (χ1) is 13.8. The second kappa shape index (κ2) is 9.71.